The van der Waals surface area contributed by atoms with Crippen molar-refractivity contribution in [3.8, 4) is 0 Å². The number of sulfone groups is 1. The maximum Gasteiger partial charge on any atom is 0.158 e. The number of halogens is 1. The summed E-state index contributed by atoms with van der Waals surface area (Å²) in [7, 11) is -3.19. The van der Waals surface area contributed by atoms with Gasteiger partial charge in [-0.05, 0) is 39.0 Å². The minimum atomic E-state index is -3.19. The Morgan fingerprint density at radius 2 is 2.00 bits per heavy atom. The Kier molecular flexibility index (Phi) is 3.67. The smallest absolute Gasteiger partial charge is 0.158 e. The summed E-state index contributed by atoms with van der Waals surface area (Å²) in [5, 5.41) is 0.0546. The lowest BCUT2D eigenvalue weighted by Crippen LogP contribution is -2.18. The first-order valence-corrected chi connectivity index (χ1v) is 8.06. The predicted molar refractivity (Wildman–Crippen MR) is 75.3 cm³/mol. The summed E-state index contributed by atoms with van der Waals surface area (Å²) in [4.78, 5) is 0. The summed E-state index contributed by atoms with van der Waals surface area (Å²) in [6, 6.07) is 6.50. The number of aromatic nitrogens is 1. The molecule has 0 atom stereocenters. The monoisotopic (exact) mass is 283 g/mol. The van der Waals surface area contributed by atoms with Crippen LogP contribution in [0.5, 0.6) is 0 Å². The van der Waals surface area contributed by atoms with Gasteiger partial charge < -0.3 is 4.57 Å². The van der Waals surface area contributed by atoms with Crippen molar-refractivity contribution in [2.75, 3.05) is 0 Å². The zero-order chi connectivity index (χ0) is 14.2. The Bertz CT molecular complexity index is 702. The standard InChI is InChI=1S/C14H18FNO2S/c1-4-16-11(9-19(17,18)10(2)3)8-12-13(15)6-5-7-14(12)16/h5-8,10H,4,9H2,1-3H3. The Hall–Kier alpha value is -1.36. The first kappa shape index (κ1) is 14.1. The highest BCUT2D eigenvalue weighted by molar-refractivity contribution is 7.91. The topological polar surface area (TPSA) is 39.1 Å². The number of fused-ring (bicyclic) bond motifs is 1. The third kappa shape index (κ3) is 2.52. The second-order valence-corrected chi connectivity index (χ2v) is 7.47. The SMILES string of the molecule is CCn1c(CS(=O)(=O)C(C)C)cc2c(F)cccc21. The Balaban J connectivity index is 2.59. The molecule has 0 aliphatic rings. The summed E-state index contributed by atoms with van der Waals surface area (Å²) in [5.74, 6) is -0.361. The second kappa shape index (κ2) is 4.96. The van der Waals surface area contributed by atoms with Gasteiger partial charge in [-0.1, -0.05) is 6.07 Å². The molecule has 0 bridgehead atoms. The molecule has 0 aliphatic heterocycles. The van der Waals surface area contributed by atoms with E-state index in [1.54, 1.807) is 26.0 Å². The van der Waals surface area contributed by atoms with Crippen molar-refractivity contribution >= 4 is 20.7 Å². The van der Waals surface area contributed by atoms with Crippen LogP contribution < -0.4 is 0 Å². The van der Waals surface area contributed by atoms with E-state index in [0.717, 1.165) is 5.52 Å². The fourth-order valence-corrected chi connectivity index (χ4v) is 3.15. The lowest BCUT2D eigenvalue weighted by molar-refractivity contribution is 0.584. The lowest BCUT2D eigenvalue weighted by Gasteiger charge is -2.10. The lowest BCUT2D eigenvalue weighted by atomic mass is 10.2. The van der Waals surface area contributed by atoms with Gasteiger partial charge in [0.15, 0.2) is 9.84 Å². The average Bonchev–Trinajstić information content (AvgIpc) is 2.67. The van der Waals surface area contributed by atoms with E-state index in [1.165, 1.54) is 6.07 Å². The third-order valence-corrected chi connectivity index (χ3v) is 5.50. The van der Waals surface area contributed by atoms with Gasteiger partial charge in [-0.2, -0.15) is 0 Å². The van der Waals surface area contributed by atoms with E-state index < -0.39 is 15.1 Å². The summed E-state index contributed by atoms with van der Waals surface area (Å²) in [6.07, 6.45) is 0. The van der Waals surface area contributed by atoms with E-state index in [1.807, 2.05) is 17.6 Å². The van der Waals surface area contributed by atoms with Crippen LogP contribution in [0.4, 0.5) is 4.39 Å². The molecule has 2 aromatic rings. The highest BCUT2D eigenvalue weighted by Gasteiger charge is 2.20. The molecule has 1 aromatic carbocycles. The van der Waals surface area contributed by atoms with Crippen LogP contribution in [0.2, 0.25) is 0 Å². The van der Waals surface area contributed by atoms with Gasteiger partial charge in [0.05, 0.1) is 16.5 Å². The molecule has 1 aromatic heterocycles. The maximum absolute atomic E-state index is 13.7. The van der Waals surface area contributed by atoms with E-state index >= 15 is 0 Å². The minimum Gasteiger partial charge on any atom is -0.344 e. The van der Waals surface area contributed by atoms with E-state index in [9.17, 15) is 12.8 Å². The van der Waals surface area contributed by atoms with E-state index in [-0.39, 0.29) is 11.6 Å². The molecule has 0 spiro atoms. The zero-order valence-electron chi connectivity index (χ0n) is 11.4. The summed E-state index contributed by atoms with van der Waals surface area (Å²) >= 11 is 0. The summed E-state index contributed by atoms with van der Waals surface area (Å²) in [5.41, 5.74) is 1.40. The molecule has 0 unspecified atom stereocenters. The molecule has 0 amide bonds. The summed E-state index contributed by atoms with van der Waals surface area (Å²) < 4.78 is 39.6. The van der Waals surface area contributed by atoms with Crippen LogP contribution in [0, 0.1) is 5.82 Å². The number of benzene rings is 1. The predicted octanol–water partition coefficient (Wildman–Crippen LogP) is 3.12. The Morgan fingerprint density at radius 3 is 2.58 bits per heavy atom. The van der Waals surface area contributed by atoms with Gasteiger partial charge in [-0.3, -0.25) is 0 Å². The van der Waals surface area contributed by atoms with Crippen molar-refractivity contribution in [1.29, 1.82) is 0 Å². The zero-order valence-corrected chi connectivity index (χ0v) is 12.2. The van der Waals surface area contributed by atoms with Crippen LogP contribution in [0.3, 0.4) is 0 Å². The molecule has 104 valence electrons. The molecule has 0 radical (unpaired) electrons. The molecule has 0 N–H and O–H groups in total. The van der Waals surface area contributed by atoms with Gasteiger partial charge in [0.1, 0.15) is 5.82 Å². The molecule has 3 nitrogen and oxygen atoms in total. The molecule has 1 heterocycles. The number of rotatable bonds is 4. The Labute approximate surface area is 113 Å². The first-order valence-electron chi connectivity index (χ1n) is 6.35. The number of nitrogens with zero attached hydrogens (tertiary/aromatic N) is 1. The molecule has 2 rings (SSSR count). The van der Waals surface area contributed by atoms with Gasteiger partial charge in [0, 0.05) is 17.6 Å². The van der Waals surface area contributed by atoms with Gasteiger partial charge in [0.2, 0.25) is 0 Å². The van der Waals surface area contributed by atoms with Crippen molar-refractivity contribution in [1.82, 2.24) is 4.57 Å². The van der Waals surface area contributed by atoms with Crippen LogP contribution in [0.15, 0.2) is 24.3 Å². The highest BCUT2D eigenvalue weighted by atomic mass is 32.2. The fraction of sp³-hybridized carbons (Fsp3) is 0.429. The van der Waals surface area contributed by atoms with Gasteiger partial charge in [-0.15, -0.1) is 0 Å². The highest BCUT2D eigenvalue weighted by Crippen LogP contribution is 2.24. The van der Waals surface area contributed by atoms with Crippen LogP contribution >= 0.6 is 0 Å². The molecule has 19 heavy (non-hydrogen) atoms. The van der Waals surface area contributed by atoms with E-state index in [2.05, 4.69) is 0 Å². The molecule has 0 aliphatic carbocycles. The van der Waals surface area contributed by atoms with Crippen LogP contribution in [0.25, 0.3) is 10.9 Å². The molecule has 0 fully saturated rings. The van der Waals surface area contributed by atoms with E-state index in [4.69, 9.17) is 0 Å². The normalized spacial score (nSPS) is 12.5. The fourth-order valence-electron chi connectivity index (χ4n) is 2.17. The molecular weight excluding hydrogens is 265 g/mol. The Morgan fingerprint density at radius 1 is 1.32 bits per heavy atom. The minimum absolute atomic E-state index is 0.0490. The summed E-state index contributed by atoms with van der Waals surface area (Å²) in [6.45, 7) is 5.87. The van der Waals surface area contributed by atoms with Crippen LogP contribution in [0.1, 0.15) is 26.5 Å². The van der Waals surface area contributed by atoms with Crippen LogP contribution in [-0.2, 0) is 22.1 Å². The van der Waals surface area contributed by atoms with Gasteiger partial charge in [-0.25, -0.2) is 12.8 Å². The van der Waals surface area contributed by atoms with Crippen molar-refractivity contribution < 1.29 is 12.8 Å². The van der Waals surface area contributed by atoms with Gasteiger partial charge in [0.25, 0.3) is 0 Å². The molecule has 0 saturated heterocycles. The first-order chi connectivity index (χ1) is 8.86. The quantitative estimate of drug-likeness (QED) is 0.864. The van der Waals surface area contributed by atoms with Gasteiger partial charge >= 0.3 is 0 Å². The van der Waals surface area contributed by atoms with Crippen LogP contribution in [-0.4, -0.2) is 18.2 Å². The number of hydrogen-bond acceptors (Lipinski definition) is 2. The third-order valence-electron chi connectivity index (χ3n) is 3.36. The molecular formula is C14H18FNO2S. The maximum atomic E-state index is 13.7. The number of aryl methyl sites for hydroxylation is 1. The van der Waals surface area contributed by atoms with Crippen molar-refractivity contribution in [3.63, 3.8) is 0 Å². The largest absolute Gasteiger partial charge is 0.344 e. The molecule has 5 heteroatoms. The second-order valence-electron chi connectivity index (χ2n) is 4.91. The van der Waals surface area contributed by atoms with E-state index in [0.29, 0.717) is 17.6 Å². The molecule has 0 saturated carbocycles. The van der Waals surface area contributed by atoms with Crippen molar-refractivity contribution in [2.45, 2.75) is 38.3 Å². The van der Waals surface area contributed by atoms with Crippen molar-refractivity contribution in [2.24, 2.45) is 0 Å². The van der Waals surface area contributed by atoms with Crippen molar-refractivity contribution in [3.05, 3.63) is 35.8 Å². The average molecular weight is 283 g/mol. The number of hydrogen-bond donors (Lipinski definition) is 0.